The molecule has 0 bridgehead atoms. The number of nitrogens with one attached hydrogen (secondary N) is 2. The van der Waals surface area contributed by atoms with Gasteiger partial charge in [-0.15, -0.1) is 0 Å². The third-order valence-corrected chi connectivity index (χ3v) is 3.41. The molecule has 24 heavy (non-hydrogen) atoms. The molecule has 2 aromatic carbocycles. The summed E-state index contributed by atoms with van der Waals surface area (Å²) in [4.78, 5) is 22.3. The first kappa shape index (κ1) is 17.0. The minimum Gasteiger partial charge on any atom is -0.373 e. The van der Waals surface area contributed by atoms with E-state index in [1.54, 1.807) is 6.92 Å². The molecular formula is C17H16N4O3. The van der Waals surface area contributed by atoms with E-state index in [1.165, 1.54) is 18.2 Å². The number of amides is 1. The van der Waals surface area contributed by atoms with E-state index in [4.69, 9.17) is 5.26 Å². The Balaban J connectivity index is 2.01. The third-order valence-electron chi connectivity index (χ3n) is 3.41. The fraction of sp³-hybridized carbons (Fsp3) is 0.176. The number of benzene rings is 2. The molecule has 7 nitrogen and oxygen atoms in total. The number of hydrogen-bond donors (Lipinski definition) is 2. The molecule has 0 saturated carbocycles. The molecule has 0 spiro atoms. The Hall–Kier alpha value is -3.40. The number of anilines is 1. The summed E-state index contributed by atoms with van der Waals surface area (Å²) in [6, 6.07) is 14.7. The highest BCUT2D eigenvalue weighted by molar-refractivity contribution is 5.84. The number of nitro benzene ring substituents is 1. The second-order valence-corrected chi connectivity index (χ2v) is 5.17. The summed E-state index contributed by atoms with van der Waals surface area (Å²) in [5.41, 5.74) is 1.31. The van der Waals surface area contributed by atoms with E-state index in [1.807, 2.05) is 36.4 Å². The van der Waals surface area contributed by atoms with Crippen LogP contribution < -0.4 is 10.6 Å². The molecule has 2 aromatic rings. The smallest absolute Gasteiger partial charge is 0.270 e. The van der Waals surface area contributed by atoms with Crippen molar-refractivity contribution in [2.24, 2.45) is 0 Å². The quantitative estimate of drug-likeness (QED) is 0.627. The van der Waals surface area contributed by atoms with Crippen LogP contribution in [0.4, 0.5) is 11.4 Å². The first-order chi connectivity index (χ1) is 11.5. The topological polar surface area (TPSA) is 108 Å². The van der Waals surface area contributed by atoms with Gasteiger partial charge >= 0.3 is 0 Å². The van der Waals surface area contributed by atoms with E-state index in [0.717, 1.165) is 5.56 Å². The van der Waals surface area contributed by atoms with Crippen molar-refractivity contribution in [2.75, 3.05) is 5.32 Å². The molecule has 0 fully saturated rings. The predicted molar refractivity (Wildman–Crippen MR) is 89.2 cm³/mol. The molecule has 0 aliphatic rings. The minimum atomic E-state index is -0.595. The van der Waals surface area contributed by atoms with Gasteiger partial charge in [0.05, 0.1) is 16.2 Å². The highest BCUT2D eigenvalue weighted by Gasteiger charge is 2.16. The standard InChI is InChI=1S/C17H16N4O3/c1-12(17(22)19-11-13-5-3-2-4-6-13)20-16-8-7-15(21(23)24)9-14(16)10-18/h2-9,12,20H,11H2,1H3,(H,19,22). The number of nitrogens with zero attached hydrogens (tertiary/aromatic N) is 2. The number of non-ortho nitro benzene ring substituents is 1. The molecule has 2 N–H and O–H groups in total. The maximum atomic E-state index is 12.1. The van der Waals surface area contributed by atoms with Crippen molar-refractivity contribution in [3.05, 3.63) is 69.8 Å². The Morgan fingerprint density at radius 1 is 1.29 bits per heavy atom. The van der Waals surface area contributed by atoms with E-state index in [-0.39, 0.29) is 17.2 Å². The van der Waals surface area contributed by atoms with Crippen LogP contribution in [0.1, 0.15) is 18.1 Å². The summed E-state index contributed by atoms with van der Waals surface area (Å²) in [5, 5.41) is 25.6. The van der Waals surface area contributed by atoms with Crippen molar-refractivity contribution in [1.29, 1.82) is 5.26 Å². The van der Waals surface area contributed by atoms with Crippen LogP contribution in [0, 0.1) is 21.4 Å². The summed E-state index contributed by atoms with van der Waals surface area (Å²) in [6.07, 6.45) is 0. The summed E-state index contributed by atoms with van der Waals surface area (Å²) >= 11 is 0. The van der Waals surface area contributed by atoms with Gasteiger partial charge in [0.15, 0.2) is 0 Å². The zero-order valence-electron chi connectivity index (χ0n) is 13.0. The van der Waals surface area contributed by atoms with Crippen LogP contribution in [-0.2, 0) is 11.3 Å². The van der Waals surface area contributed by atoms with Crippen LogP contribution in [0.2, 0.25) is 0 Å². The third kappa shape index (κ3) is 4.30. The highest BCUT2D eigenvalue weighted by atomic mass is 16.6. The maximum Gasteiger partial charge on any atom is 0.270 e. The lowest BCUT2D eigenvalue weighted by Gasteiger charge is -2.16. The Morgan fingerprint density at radius 3 is 2.62 bits per heavy atom. The van der Waals surface area contributed by atoms with Crippen molar-refractivity contribution in [2.45, 2.75) is 19.5 Å². The summed E-state index contributed by atoms with van der Waals surface area (Å²) in [7, 11) is 0. The lowest BCUT2D eigenvalue weighted by molar-refractivity contribution is -0.384. The zero-order chi connectivity index (χ0) is 17.5. The molecule has 0 saturated heterocycles. The van der Waals surface area contributed by atoms with Gasteiger partial charge in [0.25, 0.3) is 5.69 Å². The number of nitriles is 1. The van der Waals surface area contributed by atoms with Gasteiger partial charge in [-0.3, -0.25) is 14.9 Å². The Bertz CT molecular complexity index is 784. The van der Waals surface area contributed by atoms with E-state index in [0.29, 0.717) is 12.2 Å². The van der Waals surface area contributed by atoms with Crippen molar-refractivity contribution in [1.82, 2.24) is 5.32 Å². The molecule has 0 radical (unpaired) electrons. The van der Waals surface area contributed by atoms with Crippen molar-refractivity contribution >= 4 is 17.3 Å². The second-order valence-electron chi connectivity index (χ2n) is 5.17. The van der Waals surface area contributed by atoms with Gasteiger partial charge in [-0.1, -0.05) is 30.3 Å². The number of carbonyl (C=O) groups excluding carboxylic acids is 1. The molecule has 2 rings (SSSR count). The Kier molecular flexibility index (Phi) is 5.47. The fourth-order valence-electron chi connectivity index (χ4n) is 2.10. The van der Waals surface area contributed by atoms with E-state index in [2.05, 4.69) is 10.6 Å². The molecular weight excluding hydrogens is 308 g/mol. The van der Waals surface area contributed by atoms with Gasteiger partial charge in [-0.05, 0) is 18.6 Å². The minimum absolute atomic E-state index is 0.118. The van der Waals surface area contributed by atoms with E-state index in [9.17, 15) is 14.9 Å². The largest absolute Gasteiger partial charge is 0.373 e. The SMILES string of the molecule is CC(Nc1ccc([N+](=O)[O-])cc1C#N)C(=O)NCc1ccccc1. The van der Waals surface area contributed by atoms with Gasteiger partial charge in [0.1, 0.15) is 12.1 Å². The summed E-state index contributed by atoms with van der Waals surface area (Å²) < 4.78 is 0. The molecule has 1 unspecified atom stereocenters. The number of nitro groups is 1. The van der Waals surface area contributed by atoms with Gasteiger partial charge in [-0.2, -0.15) is 5.26 Å². The summed E-state index contributed by atoms with van der Waals surface area (Å²) in [5.74, 6) is -0.235. The number of rotatable bonds is 6. The average Bonchev–Trinajstić information content (AvgIpc) is 2.60. The summed E-state index contributed by atoms with van der Waals surface area (Å²) in [6.45, 7) is 2.06. The van der Waals surface area contributed by atoms with Gasteiger partial charge < -0.3 is 10.6 Å². The van der Waals surface area contributed by atoms with Gasteiger partial charge in [0, 0.05) is 18.7 Å². The van der Waals surface area contributed by atoms with Crippen molar-refractivity contribution in [3.8, 4) is 6.07 Å². The molecule has 1 amide bonds. The number of hydrogen-bond acceptors (Lipinski definition) is 5. The zero-order valence-corrected chi connectivity index (χ0v) is 13.0. The maximum absolute atomic E-state index is 12.1. The first-order valence-corrected chi connectivity index (χ1v) is 7.28. The van der Waals surface area contributed by atoms with E-state index < -0.39 is 11.0 Å². The van der Waals surface area contributed by atoms with Crippen LogP contribution in [0.25, 0.3) is 0 Å². The predicted octanol–water partition coefficient (Wildman–Crippen LogP) is 2.58. The Morgan fingerprint density at radius 2 is 2.00 bits per heavy atom. The monoisotopic (exact) mass is 324 g/mol. The van der Waals surface area contributed by atoms with Crippen LogP contribution in [0.15, 0.2) is 48.5 Å². The molecule has 0 aliphatic heterocycles. The lowest BCUT2D eigenvalue weighted by Crippen LogP contribution is -2.37. The normalized spacial score (nSPS) is 11.2. The molecule has 122 valence electrons. The van der Waals surface area contributed by atoms with Crippen LogP contribution >= 0.6 is 0 Å². The highest BCUT2D eigenvalue weighted by Crippen LogP contribution is 2.22. The van der Waals surface area contributed by atoms with Crippen LogP contribution in [0.3, 0.4) is 0 Å². The average molecular weight is 324 g/mol. The van der Waals surface area contributed by atoms with Crippen LogP contribution in [-0.4, -0.2) is 16.9 Å². The van der Waals surface area contributed by atoms with Gasteiger partial charge in [0.2, 0.25) is 5.91 Å². The second kappa shape index (κ2) is 7.74. The number of carbonyl (C=O) groups is 1. The van der Waals surface area contributed by atoms with Crippen molar-refractivity contribution in [3.63, 3.8) is 0 Å². The van der Waals surface area contributed by atoms with Crippen LogP contribution in [0.5, 0.6) is 0 Å². The lowest BCUT2D eigenvalue weighted by atomic mass is 10.1. The first-order valence-electron chi connectivity index (χ1n) is 7.28. The molecule has 0 aliphatic carbocycles. The van der Waals surface area contributed by atoms with E-state index >= 15 is 0 Å². The van der Waals surface area contributed by atoms with Crippen molar-refractivity contribution < 1.29 is 9.72 Å². The van der Waals surface area contributed by atoms with Gasteiger partial charge in [-0.25, -0.2) is 0 Å². The molecule has 1 atom stereocenters. The molecule has 7 heteroatoms. The molecule has 0 heterocycles. The molecule has 0 aromatic heterocycles. The fourth-order valence-corrected chi connectivity index (χ4v) is 2.10. The Labute approximate surface area is 139 Å².